The lowest BCUT2D eigenvalue weighted by Crippen LogP contribution is -2.31. The molecular formula is C25H26N4O5. The molecule has 34 heavy (non-hydrogen) atoms. The highest BCUT2D eigenvalue weighted by atomic mass is 16.5. The number of carbonyl (C=O) groups excluding carboxylic acids is 2. The predicted octanol–water partition coefficient (Wildman–Crippen LogP) is 2.87. The van der Waals surface area contributed by atoms with E-state index in [1.165, 1.54) is 24.4 Å². The maximum Gasteiger partial charge on any atom is 0.407 e. The van der Waals surface area contributed by atoms with Gasteiger partial charge in [-0.15, -0.1) is 0 Å². The van der Waals surface area contributed by atoms with Crippen LogP contribution in [0.15, 0.2) is 61.1 Å². The van der Waals surface area contributed by atoms with Gasteiger partial charge in [0, 0.05) is 31.7 Å². The molecular weight excluding hydrogens is 436 g/mol. The van der Waals surface area contributed by atoms with Crippen molar-refractivity contribution in [3.63, 3.8) is 0 Å². The molecule has 1 aliphatic rings. The topological polar surface area (TPSA) is 123 Å². The highest BCUT2D eigenvalue weighted by molar-refractivity contribution is 5.92. The first-order valence-electron chi connectivity index (χ1n) is 11.1. The largest absolute Gasteiger partial charge is 0.481 e. The Hall–Kier alpha value is -4.14. The normalized spacial score (nSPS) is 13.0. The zero-order valence-electron chi connectivity index (χ0n) is 18.7. The number of benzene rings is 2. The molecule has 0 saturated heterocycles. The molecule has 2 amide bonds. The number of alkyl carbamates (subject to hydrolysis) is 1. The molecule has 0 spiro atoms. The number of carbonyl (C=O) groups is 3. The molecule has 3 N–H and O–H groups in total. The number of hydrogen-bond acceptors (Lipinski definition) is 5. The summed E-state index contributed by atoms with van der Waals surface area (Å²) in [6.45, 7) is 2.46. The van der Waals surface area contributed by atoms with E-state index < -0.39 is 23.9 Å². The summed E-state index contributed by atoms with van der Waals surface area (Å²) in [5.41, 5.74) is 4.82. The van der Waals surface area contributed by atoms with Crippen LogP contribution in [-0.2, 0) is 16.1 Å². The number of ether oxygens (including phenoxy) is 1. The lowest BCUT2D eigenvalue weighted by Gasteiger charge is -2.14. The van der Waals surface area contributed by atoms with Crippen molar-refractivity contribution in [2.75, 3.05) is 19.7 Å². The lowest BCUT2D eigenvalue weighted by molar-refractivity contribution is -0.140. The molecule has 1 heterocycles. The van der Waals surface area contributed by atoms with Gasteiger partial charge < -0.3 is 25.0 Å². The monoisotopic (exact) mass is 462 g/mol. The van der Waals surface area contributed by atoms with Crippen LogP contribution in [-0.4, -0.2) is 52.3 Å². The van der Waals surface area contributed by atoms with Gasteiger partial charge in [0.25, 0.3) is 5.91 Å². The molecule has 0 bridgehead atoms. The van der Waals surface area contributed by atoms with E-state index in [2.05, 4.69) is 39.9 Å². The Morgan fingerprint density at radius 2 is 1.71 bits per heavy atom. The zero-order chi connectivity index (χ0) is 24.1. The molecule has 9 nitrogen and oxygen atoms in total. The van der Waals surface area contributed by atoms with Crippen LogP contribution in [0.1, 0.15) is 34.5 Å². The van der Waals surface area contributed by atoms with Gasteiger partial charge in [-0.3, -0.25) is 9.59 Å². The van der Waals surface area contributed by atoms with Crippen LogP contribution in [0.5, 0.6) is 0 Å². The molecule has 0 fully saturated rings. The summed E-state index contributed by atoms with van der Waals surface area (Å²) in [6, 6.07) is 16.3. The first kappa shape index (κ1) is 23.0. The Balaban J connectivity index is 1.24. The molecule has 3 aromatic rings. The molecule has 1 atom stereocenters. The van der Waals surface area contributed by atoms with Gasteiger partial charge in [0.05, 0.1) is 12.2 Å². The second kappa shape index (κ2) is 10.2. The number of rotatable bonds is 9. The molecule has 4 rings (SSSR count). The number of hydrogen-bond donors (Lipinski definition) is 3. The number of aliphatic carboxylic acids is 1. The van der Waals surface area contributed by atoms with Crippen molar-refractivity contribution in [3.05, 3.63) is 77.9 Å². The highest BCUT2D eigenvalue weighted by Crippen LogP contribution is 2.44. The molecule has 176 valence electrons. The van der Waals surface area contributed by atoms with Gasteiger partial charge >= 0.3 is 12.1 Å². The van der Waals surface area contributed by atoms with Crippen molar-refractivity contribution in [3.8, 4) is 11.1 Å². The first-order valence-corrected chi connectivity index (χ1v) is 11.1. The number of nitrogens with one attached hydrogen (secondary N) is 2. The SMILES string of the molecule is CC(CNC(=O)c1cn(CCNC(=O)OCC2c3ccccc3-c3ccccc32)cn1)C(=O)O. The Labute approximate surface area is 196 Å². The van der Waals surface area contributed by atoms with E-state index >= 15 is 0 Å². The summed E-state index contributed by atoms with van der Waals surface area (Å²) >= 11 is 0. The minimum Gasteiger partial charge on any atom is -0.481 e. The average Bonchev–Trinajstić information content (AvgIpc) is 3.44. The van der Waals surface area contributed by atoms with Crippen molar-refractivity contribution >= 4 is 18.0 Å². The quantitative estimate of drug-likeness (QED) is 0.449. The van der Waals surface area contributed by atoms with Crippen LogP contribution in [0.2, 0.25) is 0 Å². The van der Waals surface area contributed by atoms with Crippen LogP contribution < -0.4 is 10.6 Å². The summed E-state index contributed by atoms with van der Waals surface area (Å²) in [5.74, 6) is -2.12. The van der Waals surface area contributed by atoms with Crippen LogP contribution in [0, 0.1) is 5.92 Å². The van der Waals surface area contributed by atoms with Crippen molar-refractivity contribution < 1.29 is 24.2 Å². The van der Waals surface area contributed by atoms with Crippen LogP contribution in [0.3, 0.4) is 0 Å². The second-order valence-corrected chi connectivity index (χ2v) is 8.20. The third-order valence-electron chi connectivity index (χ3n) is 5.84. The van der Waals surface area contributed by atoms with E-state index in [0.717, 1.165) is 11.1 Å². The maximum absolute atomic E-state index is 12.3. The van der Waals surface area contributed by atoms with Gasteiger partial charge in [0.1, 0.15) is 12.3 Å². The standard InChI is InChI=1S/C25H26N4O5/c1-16(24(31)32)12-27-23(30)22-13-29(15-28-22)11-10-26-25(33)34-14-21-19-8-4-2-6-17(19)18-7-3-5-9-20(18)21/h2-9,13,15-16,21H,10-12,14H2,1H3,(H,26,33)(H,27,30)(H,31,32). The zero-order valence-corrected chi connectivity index (χ0v) is 18.7. The number of nitrogens with zero attached hydrogens (tertiary/aromatic N) is 2. The van der Waals surface area contributed by atoms with Crippen molar-refractivity contribution in [2.24, 2.45) is 5.92 Å². The van der Waals surface area contributed by atoms with Crippen LogP contribution >= 0.6 is 0 Å². The maximum atomic E-state index is 12.3. The molecule has 1 aliphatic carbocycles. The number of carboxylic acid groups (broad SMARTS) is 1. The number of imidazole rings is 1. The van der Waals surface area contributed by atoms with E-state index in [1.54, 1.807) is 10.8 Å². The molecule has 1 unspecified atom stereocenters. The summed E-state index contributed by atoms with van der Waals surface area (Å²) < 4.78 is 7.17. The molecule has 1 aromatic heterocycles. The smallest absolute Gasteiger partial charge is 0.407 e. The van der Waals surface area contributed by atoms with Crippen LogP contribution in [0.25, 0.3) is 11.1 Å². The number of amides is 2. The number of aromatic nitrogens is 2. The van der Waals surface area contributed by atoms with Gasteiger partial charge in [0.2, 0.25) is 0 Å². The second-order valence-electron chi connectivity index (χ2n) is 8.20. The fourth-order valence-electron chi connectivity index (χ4n) is 3.96. The lowest BCUT2D eigenvalue weighted by atomic mass is 9.98. The first-order chi connectivity index (χ1) is 16.4. The Morgan fingerprint density at radius 3 is 2.35 bits per heavy atom. The van der Waals surface area contributed by atoms with Crippen molar-refractivity contribution in [1.29, 1.82) is 0 Å². The van der Waals surface area contributed by atoms with E-state index in [-0.39, 0.29) is 24.8 Å². The molecule has 9 heteroatoms. The van der Waals surface area contributed by atoms with Gasteiger partial charge in [0.15, 0.2) is 0 Å². The Kier molecular flexibility index (Phi) is 6.91. The average molecular weight is 463 g/mol. The summed E-state index contributed by atoms with van der Waals surface area (Å²) in [4.78, 5) is 39.2. The van der Waals surface area contributed by atoms with Gasteiger partial charge in [-0.25, -0.2) is 9.78 Å². The van der Waals surface area contributed by atoms with E-state index in [0.29, 0.717) is 13.1 Å². The predicted molar refractivity (Wildman–Crippen MR) is 124 cm³/mol. The Morgan fingerprint density at radius 1 is 1.06 bits per heavy atom. The van der Waals surface area contributed by atoms with E-state index in [4.69, 9.17) is 9.84 Å². The van der Waals surface area contributed by atoms with Gasteiger partial charge in [-0.2, -0.15) is 0 Å². The van der Waals surface area contributed by atoms with Crippen molar-refractivity contribution in [2.45, 2.75) is 19.4 Å². The molecule has 2 aromatic carbocycles. The fraction of sp³-hybridized carbons (Fsp3) is 0.280. The summed E-state index contributed by atoms with van der Waals surface area (Å²) in [7, 11) is 0. The van der Waals surface area contributed by atoms with E-state index in [9.17, 15) is 14.4 Å². The third kappa shape index (κ3) is 5.09. The summed E-state index contributed by atoms with van der Waals surface area (Å²) in [5, 5.41) is 14.1. The molecule has 0 radical (unpaired) electrons. The summed E-state index contributed by atoms with van der Waals surface area (Å²) in [6.07, 6.45) is 2.51. The number of carboxylic acids is 1. The van der Waals surface area contributed by atoms with Gasteiger partial charge in [-0.05, 0) is 22.3 Å². The van der Waals surface area contributed by atoms with E-state index in [1.807, 2.05) is 24.3 Å². The Bertz CT molecular complexity index is 1160. The minimum atomic E-state index is -0.981. The number of fused-ring (bicyclic) bond motifs is 3. The van der Waals surface area contributed by atoms with Crippen LogP contribution in [0.4, 0.5) is 4.79 Å². The molecule has 0 saturated carbocycles. The molecule has 0 aliphatic heterocycles. The minimum absolute atomic E-state index is 0.00304. The fourth-order valence-corrected chi connectivity index (χ4v) is 3.96. The third-order valence-corrected chi connectivity index (χ3v) is 5.84. The highest BCUT2D eigenvalue weighted by Gasteiger charge is 2.28. The van der Waals surface area contributed by atoms with Crippen molar-refractivity contribution in [1.82, 2.24) is 20.2 Å². The van der Waals surface area contributed by atoms with Gasteiger partial charge in [-0.1, -0.05) is 55.5 Å².